The van der Waals surface area contributed by atoms with Crippen LogP contribution >= 0.6 is 0 Å². The predicted molar refractivity (Wildman–Crippen MR) is 82.5 cm³/mol. The van der Waals surface area contributed by atoms with Gasteiger partial charge in [0, 0.05) is 6.07 Å². The summed E-state index contributed by atoms with van der Waals surface area (Å²) in [5, 5.41) is 2.56. The van der Waals surface area contributed by atoms with Crippen molar-refractivity contribution in [2.75, 3.05) is 11.9 Å². The molecular weight excluding hydrogens is 323 g/mol. The molecule has 2 aromatic rings. The van der Waals surface area contributed by atoms with Crippen molar-refractivity contribution in [3.63, 3.8) is 0 Å². The van der Waals surface area contributed by atoms with Gasteiger partial charge in [-0.2, -0.15) is 13.2 Å². The van der Waals surface area contributed by atoms with Crippen LogP contribution in [0.15, 0.2) is 48.7 Å². The number of carbonyl (C=O) groups is 1. The third kappa shape index (κ3) is 5.88. The summed E-state index contributed by atoms with van der Waals surface area (Å²) in [6.07, 6.45) is -2.86. The van der Waals surface area contributed by atoms with Crippen LogP contribution < -0.4 is 15.8 Å². The number of nitrogens with zero attached hydrogens (tertiary/aromatic N) is 1. The topological polar surface area (TPSA) is 77.2 Å². The molecule has 0 saturated heterocycles. The summed E-state index contributed by atoms with van der Waals surface area (Å²) < 4.78 is 40.6. The van der Waals surface area contributed by atoms with Crippen LogP contribution in [0.5, 0.6) is 5.88 Å². The molecule has 0 fully saturated rings. The number of ether oxygens (including phenoxy) is 1. The van der Waals surface area contributed by atoms with E-state index >= 15 is 0 Å². The Morgan fingerprint density at radius 3 is 2.50 bits per heavy atom. The lowest BCUT2D eigenvalue weighted by molar-refractivity contribution is -0.154. The monoisotopic (exact) mass is 339 g/mol. The zero-order chi connectivity index (χ0) is 17.6. The summed E-state index contributed by atoms with van der Waals surface area (Å²) >= 11 is 0. The van der Waals surface area contributed by atoms with Gasteiger partial charge in [-0.05, 0) is 18.1 Å². The lowest BCUT2D eigenvalue weighted by Crippen LogP contribution is -2.37. The lowest BCUT2D eigenvalue weighted by Gasteiger charge is -2.13. The summed E-state index contributed by atoms with van der Waals surface area (Å²) in [7, 11) is 0. The number of hydrogen-bond donors (Lipinski definition) is 2. The molecule has 0 aliphatic rings. The number of nitrogens with one attached hydrogen (secondary N) is 1. The second-order valence-corrected chi connectivity index (χ2v) is 5.07. The molecule has 5 nitrogen and oxygen atoms in total. The van der Waals surface area contributed by atoms with E-state index in [4.69, 9.17) is 5.73 Å². The van der Waals surface area contributed by atoms with Crippen molar-refractivity contribution in [2.45, 2.75) is 18.6 Å². The Kier molecular flexibility index (Phi) is 5.75. The van der Waals surface area contributed by atoms with Gasteiger partial charge in [0.2, 0.25) is 11.8 Å². The number of benzene rings is 1. The van der Waals surface area contributed by atoms with Gasteiger partial charge in [0.1, 0.15) is 0 Å². The molecule has 0 aliphatic carbocycles. The smallest absolute Gasteiger partial charge is 0.422 e. The molecule has 1 aromatic heterocycles. The zero-order valence-corrected chi connectivity index (χ0v) is 12.6. The van der Waals surface area contributed by atoms with E-state index in [1.165, 1.54) is 18.3 Å². The molecule has 2 rings (SSSR count). The Morgan fingerprint density at radius 1 is 1.21 bits per heavy atom. The quantitative estimate of drug-likeness (QED) is 0.848. The molecule has 24 heavy (non-hydrogen) atoms. The van der Waals surface area contributed by atoms with Crippen LogP contribution in [0.2, 0.25) is 0 Å². The highest BCUT2D eigenvalue weighted by molar-refractivity contribution is 5.94. The number of nitrogens with two attached hydrogens (primary N) is 1. The van der Waals surface area contributed by atoms with Crippen molar-refractivity contribution in [3.8, 4) is 5.88 Å². The number of alkyl halides is 3. The maximum atomic E-state index is 12.0. The number of halogens is 3. The highest BCUT2D eigenvalue weighted by Gasteiger charge is 2.28. The second kappa shape index (κ2) is 7.78. The summed E-state index contributed by atoms with van der Waals surface area (Å²) in [6, 6.07) is 11.2. The van der Waals surface area contributed by atoms with E-state index in [0.717, 1.165) is 5.56 Å². The van der Waals surface area contributed by atoms with E-state index in [-0.39, 0.29) is 5.88 Å². The van der Waals surface area contributed by atoms with E-state index in [1.807, 2.05) is 30.3 Å². The molecule has 128 valence electrons. The van der Waals surface area contributed by atoms with Gasteiger partial charge in [-0.25, -0.2) is 4.98 Å². The summed E-state index contributed by atoms with van der Waals surface area (Å²) in [4.78, 5) is 15.7. The minimum Gasteiger partial charge on any atom is -0.468 e. The number of carbonyl (C=O) groups excluding carboxylic acids is 1. The average molecular weight is 339 g/mol. The first kappa shape index (κ1) is 17.7. The van der Waals surface area contributed by atoms with E-state index in [0.29, 0.717) is 12.1 Å². The van der Waals surface area contributed by atoms with Crippen molar-refractivity contribution in [2.24, 2.45) is 5.73 Å². The minimum atomic E-state index is -4.43. The maximum Gasteiger partial charge on any atom is 0.422 e. The molecule has 0 unspecified atom stereocenters. The van der Waals surface area contributed by atoms with Crippen molar-refractivity contribution in [1.82, 2.24) is 4.98 Å². The molecule has 0 saturated carbocycles. The van der Waals surface area contributed by atoms with Gasteiger partial charge in [0.05, 0.1) is 17.9 Å². The van der Waals surface area contributed by atoms with Crippen LogP contribution in [-0.4, -0.2) is 29.7 Å². The second-order valence-electron chi connectivity index (χ2n) is 5.07. The standard InChI is InChI=1S/C16H16F3N3O2/c17-16(18,19)10-24-14-7-6-12(9-21-14)22-15(23)13(20)8-11-4-2-1-3-5-11/h1-7,9,13H,8,10,20H2,(H,22,23)/t13-/m0/s1. The van der Waals surface area contributed by atoms with Crippen LogP contribution in [0.1, 0.15) is 5.56 Å². The van der Waals surface area contributed by atoms with Gasteiger partial charge >= 0.3 is 6.18 Å². The Morgan fingerprint density at radius 2 is 1.92 bits per heavy atom. The van der Waals surface area contributed by atoms with Gasteiger partial charge in [-0.15, -0.1) is 0 Å². The third-order valence-electron chi connectivity index (χ3n) is 3.02. The number of amides is 1. The first-order chi connectivity index (χ1) is 11.3. The molecule has 0 spiro atoms. The first-order valence-electron chi connectivity index (χ1n) is 7.09. The van der Waals surface area contributed by atoms with E-state index < -0.39 is 24.7 Å². The Labute approximate surface area is 136 Å². The van der Waals surface area contributed by atoms with E-state index in [9.17, 15) is 18.0 Å². The van der Waals surface area contributed by atoms with Crippen molar-refractivity contribution >= 4 is 11.6 Å². The molecule has 1 atom stereocenters. The van der Waals surface area contributed by atoms with Gasteiger partial charge in [0.25, 0.3) is 0 Å². The minimum absolute atomic E-state index is 0.182. The Bertz CT molecular complexity index is 661. The number of hydrogen-bond acceptors (Lipinski definition) is 4. The van der Waals surface area contributed by atoms with Gasteiger partial charge in [0.15, 0.2) is 6.61 Å². The SMILES string of the molecule is N[C@@H](Cc1ccccc1)C(=O)Nc1ccc(OCC(F)(F)F)nc1. The zero-order valence-electron chi connectivity index (χ0n) is 12.6. The van der Waals surface area contributed by atoms with Crippen LogP contribution in [0.25, 0.3) is 0 Å². The summed E-state index contributed by atoms with van der Waals surface area (Å²) in [5.41, 5.74) is 7.09. The fraction of sp³-hybridized carbons (Fsp3) is 0.250. The number of aromatic nitrogens is 1. The number of rotatable bonds is 6. The van der Waals surface area contributed by atoms with E-state index in [2.05, 4.69) is 15.0 Å². The van der Waals surface area contributed by atoms with Crippen LogP contribution in [-0.2, 0) is 11.2 Å². The van der Waals surface area contributed by atoms with Crippen molar-refractivity contribution in [1.29, 1.82) is 0 Å². The molecule has 3 N–H and O–H groups in total. The van der Waals surface area contributed by atoms with Crippen molar-refractivity contribution < 1.29 is 22.7 Å². The predicted octanol–water partition coefficient (Wildman–Crippen LogP) is 2.53. The average Bonchev–Trinajstić information content (AvgIpc) is 2.54. The highest BCUT2D eigenvalue weighted by atomic mass is 19.4. The third-order valence-corrected chi connectivity index (χ3v) is 3.02. The molecule has 0 radical (unpaired) electrons. The van der Waals surface area contributed by atoms with E-state index in [1.54, 1.807) is 0 Å². The number of pyridine rings is 1. The largest absolute Gasteiger partial charge is 0.468 e. The Balaban J connectivity index is 1.87. The van der Waals surface area contributed by atoms with Gasteiger partial charge in [-0.1, -0.05) is 30.3 Å². The highest BCUT2D eigenvalue weighted by Crippen LogP contribution is 2.18. The van der Waals surface area contributed by atoms with Crippen molar-refractivity contribution in [3.05, 3.63) is 54.2 Å². The molecule has 1 amide bonds. The van der Waals surface area contributed by atoms with Gasteiger partial charge in [-0.3, -0.25) is 4.79 Å². The van der Waals surface area contributed by atoms with Gasteiger partial charge < -0.3 is 15.8 Å². The fourth-order valence-corrected chi connectivity index (χ4v) is 1.89. The number of anilines is 1. The molecule has 1 heterocycles. The van der Waals surface area contributed by atoms with Crippen LogP contribution in [0.3, 0.4) is 0 Å². The maximum absolute atomic E-state index is 12.0. The molecule has 0 aliphatic heterocycles. The molecule has 8 heteroatoms. The van der Waals surface area contributed by atoms with Crippen LogP contribution in [0, 0.1) is 0 Å². The normalized spacial score (nSPS) is 12.5. The summed E-state index contributed by atoms with van der Waals surface area (Å²) in [5.74, 6) is -0.594. The fourth-order valence-electron chi connectivity index (χ4n) is 1.89. The molecular formula is C16H16F3N3O2. The molecule has 0 bridgehead atoms. The lowest BCUT2D eigenvalue weighted by atomic mass is 10.1. The van der Waals surface area contributed by atoms with Crippen LogP contribution in [0.4, 0.5) is 18.9 Å². The Hall–Kier alpha value is -2.61. The molecule has 1 aromatic carbocycles. The first-order valence-corrected chi connectivity index (χ1v) is 7.09. The summed E-state index contributed by atoms with van der Waals surface area (Å²) in [6.45, 7) is -1.42.